The third kappa shape index (κ3) is 2.04. The number of nitrogens with zero attached hydrogens (tertiary/aromatic N) is 1. The number of amidine groups is 1. The first-order valence-corrected chi connectivity index (χ1v) is 5.13. The van der Waals surface area contributed by atoms with Gasteiger partial charge in [0, 0.05) is 0 Å². The normalized spacial score (nSPS) is 16.4. The summed E-state index contributed by atoms with van der Waals surface area (Å²) >= 11 is 0. The Hall–Kier alpha value is -1.49. The van der Waals surface area contributed by atoms with E-state index in [2.05, 4.69) is 10.4 Å². The van der Waals surface area contributed by atoms with Crippen molar-refractivity contribution in [3.05, 3.63) is 34.9 Å². The van der Waals surface area contributed by atoms with E-state index >= 15 is 0 Å². The summed E-state index contributed by atoms with van der Waals surface area (Å²) in [5, 5.41) is 0. The highest BCUT2D eigenvalue weighted by molar-refractivity contribution is 5.99. The van der Waals surface area contributed by atoms with Crippen molar-refractivity contribution in [2.24, 2.45) is 10.8 Å². The smallest absolute Gasteiger partial charge is 0.148 e. The zero-order valence-electron chi connectivity index (χ0n) is 8.93. The van der Waals surface area contributed by atoms with Crippen LogP contribution in [0.2, 0.25) is 0 Å². The first-order chi connectivity index (χ1) is 7.63. The zero-order chi connectivity index (χ0) is 11.7. The Balaban J connectivity index is 2.47. The molecule has 0 atom stereocenters. The fraction of sp³-hybridized carbons (Fsp3) is 0.364. The average molecular weight is 225 g/mol. The van der Waals surface area contributed by atoms with Gasteiger partial charge in [0.25, 0.3) is 0 Å². The standard InChI is InChI=1S/C11H13F2N3/c1-6-2-5-8(12)9(10(6)13)11(16-14)15-7-3-4-7/h2,5,7H,3-4,14H2,1H3,(H,15,16). The lowest BCUT2D eigenvalue weighted by Gasteiger charge is -2.09. The van der Waals surface area contributed by atoms with Gasteiger partial charge < -0.3 is 5.43 Å². The fourth-order valence-corrected chi connectivity index (χ4v) is 1.43. The molecule has 16 heavy (non-hydrogen) atoms. The van der Waals surface area contributed by atoms with Crippen LogP contribution in [0.3, 0.4) is 0 Å². The number of hydrogen-bond acceptors (Lipinski definition) is 2. The molecule has 3 N–H and O–H groups in total. The number of benzene rings is 1. The van der Waals surface area contributed by atoms with Crippen molar-refractivity contribution in [2.45, 2.75) is 25.8 Å². The van der Waals surface area contributed by atoms with Gasteiger partial charge in [-0.2, -0.15) is 0 Å². The molecule has 86 valence electrons. The largest absolute Gasteiger partial charge is 0.308 e. The summed E-state index contributed by atoms with van der Waals surface area (Å²) in [6.45, 7) is 1.57. The van der Waals surface area contributed by atoms with Crippen LogP contribution in [0.25, 0.3) is 0 Å². The molecule has 0 aromatic heterocycles. The molecule has 2 rings (SSSR count). The highest BCUT2D eigenvalue weighted by atomic mass is 19.1. The molecule has 0 saturated heterocycles. The quantitative estimate of drug-likeness (QED) is 0.348. The van der Waals surface area contributed by atoms with Gasteiger partial charge in [-0.05, 0) is 31.4 Å². The summed E-state index contributed by atoms with van der Waals surface area (Å²) in [4.78, 5) is 4.14. The summed E-state index contributed by atoms with van der Waals surface area (Å²) < 4.78 is 27.3. The minimum atomic E-state index is -0.652. The Morgan fingerprint density at radius 1 is 1.44 bits per heavy atom. The Labute approximate surface area is 92.3 Å². The molecule has 0 bridgehead atoms. The topological polar surface area (TPSA) is 50.4 Å². The van der Waals surface area contributed by atoms with Crippen LogP contribution < -0.4 is 11.3 Å². The van der Waals surface area contributed by atoms with E-state index in [0.717, 1.165) is 12.8 Å². The van der Waals surface area contributed by atoms with Crippen LogP contribution in [0.15, 0.2) is 17.1 Å². The lowest BCUT2D eigenvalue weighted by atomic mass is 10.1. The first kappa shape index (κ1) is 11.0. The monoisotopic (exact) mass is 225 g/mol. The van der Waals surface area contributed by atoms with E-state index in [1.165, 1.54) is 12.1 Å². The number of rotatable bonds is 2. The minimum Gasteiger partial charge on any atom is -0.308 e. The molecule has 5 heteroatoms. The number of hydrazine groups is 1. The Morgan fingerprint density at radius 2 is 2.12 bits per heavy atom. The van der Waals surface area contributed by atoms with E-state index in [0.29, 0.717) is 5.56 Å². The second-order valence-electron chi connectivity index (χ2n) is 3.91. The maximum absolute atomic E-state index is 13.8. The number of halogens is 2. The van der Waals surface area contributed by atoms with Crippen LogP contribution in [0, 0.1) is 18.6 Å². The van der Waals surface area contributed by atoms with Gasteiger partial charge in [-0.3, -0.25) is 4.99 Å². The highest BCUT2D eigenvalue weighted by Gasteiger charge is 2.24. The Morgan fingerprint density at radius 3 is 2.69 bits per heavy atom. The molecule has 0 heterocycles. The van der Waals surface area contributed by atoms with Gasteiger partial charge >= 0.3 is 0 Å². The van der Waals surface area contributed by atoms with E-state index in [1.54, 1.807) is 6.92 Å². The van der Waals surface area contributed by atoms with Crippen LogP contribution in [0.5, 0.6) is 0 Å². The van der Waals surface area contributed by atoms with Gasteiger partial charge in [0.2, 0.25) is 0 Å². The molecule has 1 aliphatic rings. The fourth-order valence-electron chi connectivity index (χ4n) is 1.43. The van der Waals surface area contributed by atoms with Crippen molar-refractivity contribution in [3.8, 4) is 0 Å². The number of aryl methyl sites for hydroxylation is 1. The summed E-state index contributed by atoms with van der Waals surface area (Å²) in [5.74, 6) is 4.07. The lowest BCUT2D eigenvalue weighted by Crippen LogP contribution is -2.33. The molecule has 1 aromatic rings. The molecule has 1 fully saturated rings. The highest BCUT2D eigenvalue weighted by Crippen LogP contribution is 2.25. The van der Waals surface area contributed by atoms with Crippen molar-refractivity contribution in [1.82, 2.24) is 5.43 Å². The molecule has 3 nitrogen and oxygen atoms in total. The average Bonchev–Trinajstić information content (AvgIpc) is 3.06. The van der Waals surface area contributed by atoms with Gasteiger partial charge in [-0.25, -0.2) is 14.6 Å². The third-order valence-electron chi connectivity index (χ3n) is 2.52. The number of nitrogens with two attached hydrogens (primary N) is 1. The maximum Gasteiger partial charge on any atom is 0.148 e. The number of aliphatic imine (C=N–C) groups is 1. The first-order valence-electron chi connectivity index (χ1n) is 5.13. The van der Waals surface area contributed by atoms with Gasteiger partial charge in [0.1, 0.15) is 17.5 Å². The molecule has 0 unspecified atom stereocenters. The van der Waals surface area contributed by atoms with Crippen molar-refractivity contribution in [1.29, 1.82) is 0 Å². The molecular weight excluding hydrogens is 212 g/mol. The van der Waals surface area contributed by atoms with E-state index in [1.807, 2.05) is 0 Å². The van der Waals surface area contributed by atoms with Crippen LogP contribution in [0.4, 0.5) is 8.78 Å². The predicted octanol–water partition coefficient (Wildman–Crippen LogP) is 1.65. The molecular formula is C11H13F2N3. The van der Waals surface area contributed by atoms with Crippen LogP contribution >= 0.6 is 0 Å². The summed E-state index contributed by atoms with van der Waals surface area (Å²) in [5.41, 5.74) is 2.47. The van der Waals surface area contributed by atoms with Crippen LogP contribution in [0.1, 0.15) is 24.0 Å². The summed E-state index contributed by atoms with van der Waals surface area (Å²) in [6, 6.07) is 2.75. The van der Waals surface area contributed by atoms with Gasteiger partial charge in [-0.1, -0.05) is 6.07 Å². The number of hydrogen-bond donors (Lipinski definition) is 2. The van der Waals surface area contributed by atoms with Crippen molar-refractivity contribution in [3.63, 3.8) is 0 Å². The van der Waals surface area contributed by atoms with E-state index in [-0.39, 0.29) is 17.4 Å². The van der Waals surface area contributed by atoms with Crippen molar-refractivity contribution < 1.29 is 8.78 Å². The van der Waals surface area contributed by atoms with Gasteiger partial charge in [0.15, 0.2) is 0 Å². The Bertz CT molecular complexity index is 439. The van der Waals surface area contributed by atoms with Crippen LogP contribution in [-0.2, 0) is 0 Å². The second-order valence-corrected chi connectivity index (χ2v) is 3.91. The zero-order valence-corrected chi connectivity index (χ0v) is 8.93. The van der Waals surface area contributed by atoms with Crippen LogP contribution in [-0.4, -0.2) is 11.9 Å². The van der Waals surface area contributed by atoms with E-state index in [4.69, 9.17) is 5.84 Å². The lowest BCUT2D eigenvalue weighted by molar-refractivity contribution is 0.571. The van der Waals surface area contributed by atoms with E-state index < -0.39 is 11.6 Å². The molecule has 0 amide bonds. The molecule has 1 saturated carbocycles. The SMILES string of the molecule is Cc1ccc(F)c(C(=NC2CC2)NN)c1F. The molecule has 0 spiro atoms. The molecule has 0 aliphatic heterocycles. The summed E-state index contributed by atoms with van der Waals surface area (Å²) in [6.07, 6.45) is 1.89. The van der Waals surface area contributed by atoms with Crippen molar-refractivity contribution >= 4 is 5.84 Å². The maximum atomic E-state index is 13.8. The molecule has 1 aromatic carbocycles. The Kier molecular flexibility index (Phi) is 2.87. The minimum absolute atomic E-state index is 0.0844. The van der Waals surface area contributed by atoms with Gasteiger partial charge in [0.05, 0.1) is 11.6 Å². The molecule has 0 radical (unpaired) electrons. The number of nitrogens with one attached hydrogen (secondary N) is 1. The van der Waals surface area contributed by atoms with Crippen molar-refractivity contribution in [2.75, 3.05) is 0 Å². The third-order valence-corrected chi connectivity index (χ3v) is 2.52. The predicted molar refractivity (Wildman–Crippen MR) is 58.0 cm³/mol. The summed E-state index contributed by atoms with van der Waals surface area (Å²) in [7, 11) is 0. The van der Waals surface area contributed by atoms with E-state index in [9.17, 15) is 8.78 Å². The second kappa shape index (κ2) is 4.17. The van der Waals surface area contributed by atoms with Gasteiger partial charge in [-0.15, -0.1) is 0 Å². The molecule has 1 aliphatic carbocycles.